The van der Waals surface area contributed by atoms with E-state index in [9.17, 15) is 23.1 Å². The molecule has 1 aromatic carbocycles. The first-order valence-electron chi connectivity index (χ1n) is 8.17. The van der Waals surface area contributed by atoms with Crippen molar-refractivity contribution in [2.24, 2.45) is 5.92 Å². The van der Waals surface area contributed by atoms with Gasteiger partial charge >= 0.3 is 12.2 Å². The van der Waals surface area contributed by atoms with E-state index >= 15 is 0 Å². The van der Waals surface area contributed by atoms with Crippen molar-refractivity contribution in [3.63, 3.8) is 0 Å². The van der Waals surface area contributed by atoms with Gasteiger partial charge in [-0.1, -0.05) is 30.3 Å². The molecule has 0 aromatic heterocycles. The summed E-state index contributed by atoms with van der Waals surface area (Å²) in [6.45, 7) is 0.349. The van der Waals surface area contributed by atoms with Gasteiger partial charge in [-0.25, -0.2) is 4.79 Å². The summed E-state index contributed by atoms with van der Waals surface area (Å²) in [7, 11) is 0. The summed E-state index contributed by atoms with van der Waals surface area (Å²) < 4.78 is 38.3. The van der Waals surface area contributed by atoms with Crippen LogP contribution in [0.4, 0.5) is 18.0 Å². The third-order valence-electron chi connectivity index (χ3n) is 5.07. The van der Waals surface area contributed by atoms with E-state index < -0.39 is 24.6 Å². The zero-order chi connectivity index (χ0) is 17.4. The van der Waals surface area contributed by atoms with Crippen LogP contribution in [0.25, 0.3) is 0 Å². The average molecular weight is 342 g/mol. The molecular weight excluding hydrogens is 321 g/mol. The number of carbonyl (C=O) groups is 1. The lowest BCUT2D eigenvalue weighted by Gasteiger charge is -2.39. The molecular formula is C17H21F3N2O2. The largest absolute Gasteiger partial charge is 0.417 e. The van der Waals surface area contributed by atoms with E-state index in [0.717, 1.165) is 6.42 Å². The van der Waals surface area contributed by atoms with Gasteiger partial charge < -0.3 is 15.3 Å². The molecule has 0 spiro atoms. The van der Waals surface area contributed by atoms with Gasteiger partial charge in [0.2, 0.25) is 0 Å². The van der Waals surface area contributed by atoms with Gasteiger partial charge in [0.05, 0.1) is 0 Å². The highest BCUT2D eigenvalue weighted by Gasteiger charge is 2.55. The first kappa shape index (κ1) is 17.1. The number of urea groups is 1. The molecule has 24 heavy (non-hydrogen) atoms. The number of amides is 2. The van der Waals surface area contributed by atoms with E-state index in [-0.39, 0.29) is 19.1 Å². The standard InChI is InChI=1S/C17H21F3N2O2/c18-17(19,20)16(24)6-8-22(9-7-16)15(23)21-11-13-10-14(13)12-4-2-1-3-5-12/h1-5,13-14,24H,6-11H2,(H,21,23). The lowest BCUT2D eigenvalue weighted by atomic mass is 9.91. The zero-order valence-corrected chi connectivity index (χ0v) is 13.2. The van der Waals surface area contributed by atoms with Crippen molar-refractivity contribution in [1.29, 1.82) is 0 Å². The van der Waals surface area contributed by atoms with Crippen LogP contribution in [0.5, 0.6) is 0 Å². The predicted octanol–water partition coefficient (Wildman–Crippen LogP) is 2.89. The van der Waals surface area contributed by atoms with E-state index in [1.165, 1.54) is 10.5 Å². The van der Waals surface area contributed by atoms with E-state index in [4.69, 9.17) is 0 Å². The fourth-order valence-corrected chi connectivity index (χ4v) is 3.28. The molecule has 132 valence electrons. The Hall–Kier alpha value is -1.76. The second kappa shape index (κ2) is 6.27. The quantitative estimate of drug-likeness (QED) is 0.887. The summed E-state index contributed by atoms with van der Waals surface area (Å²) >= 11 is 0. The third kappa shape index (κ3) is 3.50. The highest BCUT2D eigenvalue weighted by atomic mass is 19.4. The van der Waals surface area contributed by atoms with E-state index in [0.29, 0.717) is 18.4 Å². The number of alkyl halides is 3. The minimum Gasteiger partial charge on any atom is -0.380 e. The molecule has 1 aromatic rings. The Morgan fingerprint density at radius 1 is 1.25 bits per heavy atom. The molecule has 1 heterocycles. The zero-order valence-electron chi connectivity index (χ0n) is 13.2. The molecule has 0 bridgehead atoms. The first-order chi connectivity index (χ1) is 11.3. The third-order valence-corrected chi connectivity index (χ3v) is 5.07. The molecule has 2 atom stereocenters. The Labute approximate surface area is 138 Å². The van der Waals surface area contributed by atoms with Gasteiger partial charge in [-0.05, 0) is 23.8 Å². The maximum absolute atomic E-state index is 12.8. The van der Waals surface area contributed by atoms with Gasteiger partial charge in [-0.15, -0.1) is 0 Å². The molecule has 1 aliphatic heterocycles. The molecule has 3 rings (SSSR count). The Morgan fingerprint density at radius 3 is 2.46 bits per heavy atom. The summed E-state index contributed by atoms with van der Waals surface area (Å²) in [6.07, 6.45) is -4.58. The van der Waals surface area contributed by atoms with Crippen molar-refractivity contribution in [2.45, 2.75) is 37.0 Å². The van der Waals surface area contributed by atoms with Crippen LogP contribution in [0, 0.1) is 5.92 Å². The number of nitrogens with zero attached hydrogens (tertiary/aromatic N) is 1. The Kier molecular flexibility index (Phi) is 4.46. The van der Waals surface area contributed by atoms with E-state index in [1.807, 2.05) is 18.2 Å². The van der Waals surface area contributed by atoms with Crippen LogP contribution in [0.1, 0.15) is 30.7 Å². The fraction of sp³-hybridized carbons (Fsp3) is 0.588. The SMILES string of the molecule is O=C(NCC1CC1c1ccccc1)N1CCC(O)(C(F)(F)F)CC1. The summed E-state index contributed by atoms with van der Waals surface area (Å²) in [4.78, 5) is 13.4. The van der Waals surface area contributed by atoms with Crippen LogP contribution in [0.2, 0.25) is 0 Å². The summed E-state index contributed by atoms with van der Waals surface area (Å²) in [5.74, 6) is 0.830. The minimum absolute atomic E-state index is 0.0887. The van der Waals surface area contributed by atoms with Crippen molar-refractivity contribution in [3.05, 3.63) is 35.9 Å². The lowest BCUT2D eigenvalue weighted by molar-refractivity contribution is -0.271. The van der Waals surface area contributed by atoms with Crippen LogP contribution in [-0.2, 0) is 0 Å². The molecule has 2 aliphatic rings. The molecule has 1 saturated carbocycles. The lowest BCUT2D eigenvalue weighted by Crippen LogP contribution is -2.55. The number of piperidine rings is 1. The highest BCUT2D eigenvalue weighted by molar-refractivity contribution is 5.74. The number of carbonyl (C=O) groups excluding carboxylic acids is 1. The number of rotatable bonds is 3. The number of likely N-dealkylation sites (tertiary alicyclic amines) is 1. The maximum atomic E-state index is 12.8. The van der Waals surface area contributed by atoms with Crippen molar-refractivity contribution in [1.82, 2.24) is 10.2 Å². The smallest absolute Gasteiger partial charge is 0.380 e. The first-order valence-corrected chi connectivity index (χ1v) is 8.17. The van der Waals surface area contributed by atoms with Crippen LogP contribution in [-0.4, -0.2) is 47.4 Å². The molecule has 1 aliphatic carbocycles. The van der Waals surface area contributed by atoms with Crippen molar-refractivity contribution in [3.8, 4) is 0 Å². The second-order valence-electron chi connectivity index (χ2n) is 6.72. The predicted molar refractivity (Wildman–Crippen MR) is 82.5 cm³/mol. The monoisotopic (exact) mass is 342 g/mol. The van der Waals surface area contributed by atoms with Gasteiger partial charge in [0.25, 0.3) is 0 Å². The van der Waals surface area contributed by atoms with Crippen molar-refractivity contribution < 1.29 is 23.1 Å². The Bertz CT molecular complexity index is 583. The molecule has 2 fully saturated rings. The van der Waals surface area contributed by atoms with Crippen LogP contribution >= 0.6 is 0 Å². The van der Waals surface area contributed by atoms with Gasteiger partial charge in [0, 0.05) is 32.5 Å². The molecule has 2 unspecified atom stereocenters. The van der Waals surface area contributed by atoms with E-state index in [2.05, 4.69) is 17.4 Å². The summed E-state index contributed by atoms with van der Waals surface area (Å²) in [6, 6.07) is 9.71. The fourth-order valence-electron chi connectivity index (χ4n) is 3.28. The number of aliphatic hydroxyl groups is 1. The Balaban J connectivity index is 1.43. The number of hydrogen-bond acceptors (Lipinski definition) is 2. The molecule has 2 amide bonds. The number of nitrogens with one attached hydrogen (secondary N) is 1. The molecule has 2 N–H and O–H groups in total. The van der Waals surface area contributed by atoms with Gasteiger partial charge in [-0.2, -0.15) is 13.2 Å². The van der Waals surface area contributed by atoms with Gasteiger partial charge in [-0.3, -0.25) is 0 Å². The molecule has 0 radical (unpaired) electrons. The molecule has 1 saturated heterocycles. The topological polar surface area (TPSA) is 52.6 Å². The van der Waals surface area contributed by atoms with E-state index in [1.54, 1.807) is 0 Å². The van der Waals surface area contributed by atoms with Crippen LogP contribution in [0.3, 0.4) is 0 Å². The van der Waals surface area contributed by atoms with Crippen LogP contribution in [0.15, 0.2) is 30.3 Å². The number of benzene rings is 1. The second-order valence-corrected chi connectivity index (χ2v) is 6.72. The molecule has 7 heteroatoms. The maximum Gasteiger partial charge on any atom is 0.417 e. The van der Waals surface area contributed by atoms with Gasteiger partial charge in [0.15, 0.2) is 5.60 Å². The van der Waals surface area contributed by atoms with Crippen molar-refractivity contribution in [2.75, 3.05) is 19.6 Å². The normalized spacial score (nSPS) is 26.1. The Morgan fingerprint density at radius 2 is 1.88 bits per heavy atom. The van der Waals surface area contributed by atoms with Gasteiger partial charge in [0.1, 0.15) is 0 Å². The number of halogens is 3. The van der Waals surface area contributed by atoms with Crippen LogP contribution < -0.4 is 5.32 Å². The highest BCUT2D eigenvalue weighted by Crippen LogP contribution is 2.46. The van der Waals surface area contributed by atoms with Crippen molar-refractivity contribution >= 4 is 6.03 Å². The number of hydrogen-bond donors (Lipinski definition) is 2. The molecule has 4 nitrogen and oxygen atoms in total. The summed E-state index contributed by atoms with van der Waals surface area (Å²) in [5.41, 5.74) is -1.41. The minimum atomic E-state index is -4.65. The average Bonchev–Trinajstić information content (AvgIpc) is 3.33. The summed E-state index contributed by atoms with van der Waals surface area (Å²) in [5, 5.41) is 12.4.